The quantitative estimate of drug-likeness (QED) is 0.518. The minimum Gasteiger partial charge on any atom is -0.489 e. The Kier molecular flexibility index (Phi) is 8.38. The van der Waals surface area contributed by atoms with Crippen LogP contribution in [-0.2, 0) is 4.74 Å². The summed E-state index contributed by atoms with van der Waals surface area (Å²) in [6, 6.07) is 3.65. The largest absolute Gasteiger partial charge is 0.489 e. The number of amides is 1. The molecule has 0 spiro atoms. The van der Waals surface area contributed by atoms with Gasteiger partial charge < -0.3 is 25.1 Å². The van der Waals surface area contributed by atoms with E-state index in [-0.39, 0.29) is 12.7 Å². The van der Waals surface area contributed by atoms with Crippen molar-refractivity contribution in [3.8, 4) is 5.75 Å². The van der Waals surface area contributed by atoms with Crippen LogP contribution in [0.5, 0.6) is 5.75 Å². The first-order valence-electron chi connectivity index (χ1n) is 9.90. The van der Waals surface area contributed by atoms with Gasteiger partial charge in [-0.25, -0.2) is 10.6 Å². The van der Waals surface area contributed by atoms with Crippen molar-refractivity contribution in [2.75, 3.05) is 27.2 Å². The fraction of sp³-hybridized carbons (Fsp3) is 0.600. The number of nitrogens with zero attached hydrogens (tertiary/aromatic N) is 3. The molecule has 8 nitrogen and oxygen atoms in total. The van der Waals surface area contributed by atoms with E-state index < -0.39 is 6.09 Å². The molecule has 1 amide bonds. The Morgan fingerprint density at radius 1 is 1.25 bits per heavy atom. The van der Waals surface area contributed by atoms with Gasteiger partial charge >= 0.3 is 6.09 Å². The number of carbonyl (C=O) groups is 1. The van der Waals surface area contributed by atoms with Gasteiger partial charge in [0.15, 0.2) is 0 Å². The van der Waals surface area contributed by atoms with Crippen molar-refractivity contribution in [3.05, 3.63) is 29.7 Å². The zero-order chi connectivity index (χ0) is 20.5. The Bertz CT molecular complexity index is 654. The lowest BCUT2D eigenvalue weighted by Crippen LogP contribution is -2.34. The summed E-state index contributed by atoms with van der Waals surface area (Å²) in [5.41, 5.74) is 7.64. The summed E-state index contributed by atoms with van der Waals surface area (Å²) in [7, 11) is 3.34. The lowest BCUT2D eigenvalue weighted by atomic mass is 9.98. The molecule has 0 atom stereocenters. The predicted molar refractivity (Wildman–Crippen MR) is 109 cm³/mol. The number of hydrogen-bond acceptors (Lipinski definition) is 7. The standard InChI is InChI=1S/C20H33N5O3/c1-4-12-24(2)20(26)27-14-18(25(3)22)19(21)17-11-10-16(13-23-17)28-15-8-6-5-7-9-15/h10-11,13,15H,4-9,12,14,21-22H2,1-3H3/b19-18-. The van der Waals surface area contributed by atoms with Gasteiger partial charge in [-0.1, -0.05) is 13.3 Å². The van der Waals surface area contributed by atoms with Gasteiger partial charge in [0, 0.05) is 20.6 Å². The van der Waals surface area contributed by atoms with Gasteiger partial charge in [-0.2, -0.15) is 0 Å². The zero-order valence-electron chi connectivity index (χ0n) is 17.2. The molecule has 156 valence electrons. The van der Waals surface area contributed by atoms with Crippen LogP contribution in [0.25, 0.3) is 5.70 Å². The highest BCUT2D eigenvalue weighted by Crippen LogP contribution is 2.23. The summed E-state index contributed by atoms with van der Waals surface area (Å²) >= 11 is 0. The van der Waals surface area contributed by atoms with Gasteiger partial charge in [0.2, 0.25) is 0 Å². The lowest BCUT2D eigenvalue weighted by molar-refractivity contribution is 0.113. The maximum Gasteiger partial charge on any atom is 0.409 e. The van der Waals surface area contributed by atoms with Gasteiger partial charge in [0.05, 0.1) is 29.4 Å². The molecule has 0 bridgehead atoms. The Labute approximate surface area is 167 Å². The van der Waals surface area contributed by atoms with Crippen LogP contribution in [0, 0.1) is 0 Å². The number of aromatic nitrogens is 1. The average molecular weight is 392 g/mol. The highest BCUT2D eigenvalue weighted by molar-refractivity contribution is 5.68. The first-order valence-corrected chi connectivity index (χ1v) is 9.90. The summed E-state index contributed by atoms with van der Waals surface area (Å²) in [4.78, 5) is 17.9. The van der Waals surface area contributed by atoms with Crippen molar-refractivity contribution in [3.63, 3.8) is 0 Å². The van der Waals surface area contributed by atoms with Crippen molar-refractivity contribution in [2.24, 2.45) is 11.6 Å². The van der Waals surface area contributed by atoms with Crippen LogP contribution in [0.15, 0.2) is 24.0 Å². The van der Waals surface area contributed by atoms with E-state index in [1.165, 1.54) is 29.2 Å². The normalized spacial score (nSPS) is 15.6. The molecular formula is C20H33N5O3. The molecule has 1 aromatic rings. The Morgan fingerprint density at radius 2 is 1.96 bits per heavy atom. The maximum atomic E-state index is 12.0. The van der Waals surface area contributed by atoms with E-state index in [9.17, 15) is 4.79 Å². The molecule has 2 rings (SSSR count). The first kappa shape index (κ1) is 21.8. The van der Waals surface area contributed by atoms with Gasteiger partial charge in [0.25, 0.3) is 0 Å². The topological polar surface area (TPSA) is 107 Å². The maximum absolute atomic E-state index is 12.0. The minimum absolute atomic E-state index is 0.0340. The number of pyridine rings is 1. The van der Waals surface area contributed by atoms with Crippen molar-refractivity contribution in [1.82, 2.24) is 14.9 Å². The second-order valence-corrected chi connectivity index (χ2v) is 7.20. The van der Waals surface area contributed by atoms with Gasteiger partial charge in [-0.15, -0.1) is 0 Å². The molecule has 1 aliphatic carbocycles. The number of rotatable bonds is 8. The van der Waals surface area contributed by atoms with Crippen LogP contribution < -0.4 is 16.3 Å². The second-order valence-electron chi connectivity index (χ2n) is 7.20. The van der Waals surface area contributed by atoms with Crippen molar-refractivity contribution < 1.29 is 14.3 Å². The molecule has 4 N–H and O–H groups in total. The van der Waals surface area contributed by atoms with E-state index in [1.54, 1.807) is 26.4 Å². The molecule has 1 fully saturated rings. The minimum atomic E-state index is -0.418. The lowest BCUT2D eigenvalue weighted by Gasteiger charge is -2.23. The van der Waals surface area contributed by atoms with Gasteiger partial charge in [-0.05, 0) is 44.2 Å². The third-order valence-corrected chi connectivity index (χ3v) is 4.81. The number of ether oxygens (including phenoxy) is 2. The van der Waals surface area contributed by atoms with E-state index >= 15 is 0 Å². The van der Waals surface area contributed by atoms with Crippen LogP contribution in [0.1, 0.15) is 51.1 Å². The summed E-state index contributed by atoms with van der Waals surface area (Å²) in [5.74, 6) is 6.62. The molecule has 0 radical (unpaired) electrons. The van der Waals surface area contributed by atoms with Crippen molar-refractivity contribution in [1.29, 1.82) is 0 Å². The summed E-state index contributed by atoms with van der Waals surface area (Å²) in [6.07, 6.45) is 8.25. The molecule has 0 aromatic carbocycles. The van der Waals surface area contributed by atoms with E-state index in [1.807, 2.05) is 13.0 Å². The van der Waals surface area contributed by atoms with E-state index in [2.05, 4.69) is 4.98 Å². The molecule has 1 aliphatic rings. The molecule has 0 saturated heterocycles. The van der Waals surface area contributed by atoms with Crippen LogP contribution in [-0.4, -0.2) is 54.3 Å². The van der Waals surface area contributed by atoms with Crippen molar-refractivity contribution >= 4 is 11.8 Å². The van der Waals surface area contributed by atoms with Crippen LogP contribution >= 0.6 is 0 Å². The number of hydrazine groups is 1. The highest BCUT2D eigenvalue weighted by atomic mass is 16.6. The number of likely N-dealkylation sites (N-methyl/N-ethyl adjacent to an activating group) is 1. The average Bonchev–Trinajstić information content (AvgIpc) is 2.69. The molecule has 28 heavy (non-hydrogen) atoms. The smallest absolute Gasteiger partial charge is 0.409 e. The fourth-order valence-electron chi connectivity index (χ4n) is 3.17. The highest BCUT2D eigenvalue weighted by Gasteiger charge is 2.17. The zero-order valence-corrected chi connectivity index (χ0v) is 17.2. The van der Waals surface area contributed by atoms with Crippen LogP contribution in [0.4, 0.5) is 4.79 Å². The number of hydrogen-bond donors (Lipinski definition) is 2. The SMILES string of the molecule is CCCN(C)C(=O)OC/C(=C(/N)c1ccc(OC2CCCCC2)cn1)N(C)N. The molecule has 8 heteroatoms. The van der Waals surface area contributed by atoms with Crippen LogP contribution in [0.2, 0.25) is 0 Å². The third kappa shape index (κ3) is 6.30. The number of carbonyl (C=O) groups excluding carboxylic acids is 1. The van der Waals surface area contributed by atoms with Gasteiger partial charge in [0.1, 0.15) is 12.4 Å². The predicted octanol–water partition coefficient (Wildman–Crippen LogP) is 2.70. The van der Waals surface area contributed by atoms with Gasteiger partial charge in [-0.3, -0.25) is 4.98 Å². The van der Waals surface area contributed by atoms with E-state index in [0.717, 1.165) is 25.0 Å². The monoisotopic (exact) mass is 391 g/mol. The summed E-state index contributed by atoms with van der Waals surface area (Å²) < 4.78 is 11.3. The summed E-state index contributed by atoms with van der Waals surface area (Å²) in [6.45, 7) is 2.58. The molecule has 1 aromatic heterocycles. The first-order chi connectivity index (χ1) is 13.4. The Balaban J connectivity index is 2.04. The Morgan fingerprint density at radius 3 is 2.54 bits per heavy atom. The molecule has 0 aliphatic heterocycles. The second kappa shape index (κ2) is 10.8. The van der Waals surface area contributed by atoms with E-state index in [0.29, 0.717) is 23.6 Å². The Hall–Kier alpha value is -2.48. The number of nitrogens with two attached hydrogens (primary N) is 2. The molecular weight excluding hydrogens is 358 g/mol. The molecule has 1 heterocycles. The fourth-order valence-corrected chi connectivity index (χ4v) is 3.17. The molecule has 1 saturated carbocycles. The van der Waals surface area contributed by atoms with E-state index in [4.69, 9.17) is 21.1 Å². The third-order valence-electron chi connectivity index (χ3n) is 4.81. The van der Waals surface area contributed by atoms with Crippen LogP contribution in [0.3, 0.4) is 0 Å². The van der Waals surface area contributed by atoms with Crippen molar-refractivity contribution in [2.45, 2.75) is 51.6 Å². The summed E-state index contributed by atoms with van der Waals surface area (Å²) in [5, 5.41) is 1.34. The molecule has 0 unspecified atom stereocenters.